The first-order chi connectivity index (χ1) is 17.1. The second kappa shape index (κ2) is 10.7. The maximum absolute atomic E-state index is 13.5. The highest BCUT2D eigenvalue weighted by atomic mass is 32.2. The molecular formula is C29H38N4O2S. The van der Waals surface area contributed by atoms with Crippen molar-refractivity contribution >= 4 is 15.8 Å². The number of sulfonamides is 1. The van der Waals surface area contributed by atoms with Crippen LogP contribution >= 0.6 is 0 Å². The Morgan fingerprint density at radius 1 is 0.889 bits per heavy atom. The largest absolute Gasteiger partial charge is 0.355 e. The molecule has 0 atom stereocenters. The van der Waals surface area contributed by atoms with Gasteiger partial charge in [0.15, 0.2) is 0 Å². The van der Waals surface area contributed by atoms with E-state index in [0.717, 1.165) is 54.3 Å². The summed E-state index contributed by atoms with van der Waals surface area (Å²) in [4.78, 5) is 12.2. The van der Waals surface area contributed by atoms with Crippen molar-refractivity contribution in [2.75, 3.05) is 31.1 Å². The summed E-state index contributed by atoms with van der Waals surface area (Å²) in [6, 6.07) is 17.8. The Labute approximate surface area is 216 Å². The average molecular weight is 507 g/mol. The first-order valence-electron chi connectivity index (χ1n) is 12.9. The summed E-state index contributed by atoms with van der Waals surface area (Å²) >= 11 is 0. The van der Waals surface area contributed by atoms with Crippen molar-refractivity contribution in [1.82, 2.24) is 14.3 Å². The Balaban J connectivity index is 1.58. The van der Waals surface area contributed by atoms with Crippen LogP contribution < -0.4 is 4.90 Å². The predicted molar refractivity (Wildman–Crippen MR) is 146 cm³/mol. The van der Waals surface area contributed by atoms with Crippen molar-refractivity contribution in [2.24, 2.45) is 0 Å². The summed E-state index contributed by atoms with van der Waals surface area (Å²) in [5, 5.41) is 0. The van der Waals surface area contributed by atoms with Crippen LogP contribution in [0.4, 0.5) is 5.82 Å². The van der Waals surface area contributed by atoms with Gasteiger partial charge in [-0.15, -0.1) is 0 Å². The lowest BCUT2D eigenvalue weighted by atomic mass is 9.87. The third-order valence-corrected chi connectivity index (χ3v) is 8.77. The predicted octanol–water partition coefficient (Wildman–Crippen LogP) is 5.14. The molecule has 0 spiro atoms. The zero-order chi connectivity index (χ0) is 25.9. The van der Waals surface area contributed by atoms with Gasteiger partial charge in [0.05, 0.1) is 4.90 Å². The molecular weight excluding hydrogens is 468 g/mol. The minimum absolute atomic E-state index is 0.0180. The zero-order valence-corrected chi connectivity index (χ0v) is 23.0. The molecule has 1 saturated heterocycles. The van der Waals surface area contributed by atoms with E-state index >= 15 is 0 Å². The number of aryl methyl sites for hydroxylation is 2. The van der Waals surface area contributed by atoms with Gasteiger partial charge in [0.1, 0.15) is 11.6 Å². The Kier molecular flexibility index (Phi) is 7.81. The first kappa shape index (κ1) is 26.3. The van der Waals surface area contributed by atoms with Gasteiger partial charge in [-0.2, -0.15) is 4.31 Å². The molecule has 1 aliphatic heterocycles. The zero-order valence-electron chi connectivity index (χ0n) is 22.2. The van der Waals surface area contributed by atoms with Crippen LogP contribution in [0.15, 0.2) is 59.5 Å². The molecule has 0 aliphatic carbocycles. The maximum atomic E-state index is 13.5. The van der Waals surface area contributed by atoms with Gasteiger partial charge in [-0.05, 0) is 48.4 Å². The summed E-state index contributed by atoms with van der Waals surface area (Å²) in [6.07, 6.45) is 2.34. The number of hydrogen-bond donors (Lipinski definition) is 0. The maximum Gasteiger partial charge on any atom is 0.243 e. The fraction of sp³-hybridized carbons (Fsp3) is 0.448. The van der Waals surface area contributed by atoms with Gasteiger partial charge in [-0.25, -0.2) is 18.4 Å². The van der Waals surface area contributed by atoms with E-state index in [-0.39, 0.29) is 5.41 Å². The highest BCUT2D eigenvalue weighted by Gasteiger charge is 2.29. The van der Waals surface area contributed by atoms with Crippen LogP contribution in [0.1, 0.15) is 62.3 Å². The summed E-state index contributed by atoms with van der Waals surface area (Å²) < 4.78 is 28.6. The van der Waals surface area contributed by atoms with E-state index < -0.39 is 10.0 Å². The van der Waals surface area contributed by atoms with Gasteiger partial charge < -0.3 is 4.90 Å². The molecule has 7 heteroatoms. The van der Waals surface area contributed by atoms with Gasteiger partial charge in [0.2, 0.25) is 10.0 Å². The number of aromatic nitrogens is 2. The first-order valence-corrected chi connectivity index (χ1v) is 14.3. The van der Waals surface area contributed by atoms with Crippen LogP contribution in [0.25, 0.3) is 0 Å². The molecule has 1 fully saturated rings. The quantitative estimate of drug-likeness (QED) is 0.463. The summed E-state index contributed by atoms with van der Waals surface area (Å²) in [7, 11) is -3.56. The van der Waals surface area contributed by atoms with E-state index in [4.69, 9.17) is 9.97 Å². The highest BCUT2D eigenvalue weighted by molar-refractivity contribution is 7.89. The van der Waals surface area contributed by atoms with Crippen molar-refractivity contribution < 1.29 is 8.42 Å². The second-order valence-corrected chi connectivity index (χ2v) is 12.5. The lowest BCUT2D eigenvalue weighted by Gasteiger charge is -2.26. The molecule has 4 rings (SSSR count). The SMILES string of the molecule is CCc1nc(C)nc(N2CCCN(S(=O)(=O)c3ccc(C(C)(C)C)cc3)CC2)c1Cc1ccccc1. The van der Waals surface area contributed by atoms with E-state index in [1.807, 2.05) is 25.1 Å². The van der Waals surface area contributed by atoms with E-state index in [0.29, 0.717) is 24.5 Å². The molecule has 0 bridgehead atoms. The van der Waals surface area contributed by atoms with Crippen molar-refractivity contribution in [3.05, 3.63) is 82.8 Å². The van der Waals surface area contributed by atoms with Crippen LogP contribution in [0.3, 0.4) is 0 Å². The van der Waals surface area contributed by atoms with Crippen LogP contribution in [0.5, 0.6) is 0 Å². The van der Waals surface area contributed by atoms with Crippen LogP contribution in [0, 0.1) is 6.92 Å². The number of nitrogens with zero attached hydrogens (tertiary/aromatic N) is 4. The highest BCUT2D eigenvalue weighted by Crippen LogP contribution is 2.28. The van der Waals surface area contributed by atoms with Gasteiger partial charge in [0.25, 0.3) is 0 Å². The molecule has 2 heterocycles. The molecule has 0 amide bonds. The van der Waals surface area contributed by atoms with E-state index in [1.165, 1.54) is 5.56 Å². The fourth-order valence-corrected chi connectivity index (χ4v) is 6.26. The van der Waals surface area contributed by atoms with Gasteiger partial charge >= 0.3 is 0 Å². The molecule has 36 heavy (non-hydrogen) atoms. The van der Waals surface area contributed by atoms with E-state index in [2.05, 4.69) is 56.9 Å². The Morgan fingerprint density at radius 2 is 1.58 bits per heavy atom. The third-order valence-electron chi connectivity index (χ3n) is 6.85. The topological polar surface area (TPSA) is 66.4 Å². The normalized spacial score (nSPS) is 15.6. The number of hydrogen-bond acceptors (Lipinski definition) is 5. The standard InChI is InChI=1S/C29H38N4O2S/c1-6-27-26(21-23-11-8-7-9-12-23)28(31-22(2)30-27)32-17-10-18-33(20-19-32)36(34,35)25-15-13-24(14-16-25)29(3,4)5/h7-9,11-16H,6,10,17-21H2,1-5H3. The van der Waals surface area contributed by atoms with Crippen LogP contribution in [0.2, 0.25) is 0 Å². The average Bonchev–Trinajstić information content (AvgIpc) is 3.12. The van der Waals surface area contributed by atoms with E-state index in [1.54, 1.807) is 16.4 Å². The Hall–Kier alpha value is -2.77. The van der Waals surface area contributed by atoms with Crippen LogP contribution in [-0.2, 0) is 28.3 Å². The second-order valence-electron chi connectivity index (χ2n) is 10.6. The molecule has 3 aromatic rings. The molecule has 192 valence electrons. The molecule has 0 unspecified atom stereocenters. The lowest BCUT2D eigenvalue weighted by molar-refractivity contribution is 0.433. The molecule has 0 saturated carbocycles. The lowest BCUT2D eigenvalue weighted by Crippen LogP contribution is -2.36. The van der Waals surface area contributed by atoms with Crippen molar-refractivity contribution in [3.63, 3.8) is 0 Å². The summed E-state index contributed by atoms with van der Waals surface area (Å²) in [5.74, 6) is 1.70. The fourth-order valence-electron chi connectivity index (χ4n) is 4.79. The van der Waals surface area contributed by atoms with Crippen molar-refractivity contribution in [1.29, 1.82) is 0 Å². The minimum atomic E-state index is -3.56. The molecule has 0 N–H and O–H groups in total. The van der Waals surface area contributed by atoms with Crippen molar-refractivity contribution in [2.45, 2.75) is 64.2 Å². The van der Waals surface area contributed by atoms with Crippen LogP contribution in [-0.4, -0.2) is 48.9 Å². The van der Waals surface area contributed by atoms with Gasteiger partial charge in [0, 0.05) is 43.9 Å². The van der Waals surface area contributed by atoms with Gasteiger partial charge in [-0.1, -0.05) is 70.2 Å². The Bertz CT molecular complexity index is 1280. The van der Waals surface area contributed by atoms with Gasteiger partial charge in [-0.3, -0.25) is 0 Å². The minimum Gasteiger partial charge on any atom is -0.355 e. The monoisotopic (exact) mass is 506 g/mol. The molecule has 1 aromatic heterocycles. The van der Waals surface area contributed by atoms with Crippen molar-refractivity contribution in [3.8, 4) is 0 Å². The third kappa shape index (κ3) is 5.79. The molecule has 6 nitrogen and oxygen atoms in total. The summed E-state index contributed by atoms with van der Waals surface area (Å²) in [5.41, 5.74) is 4.53. The number of rotatable bonds is 6. The number of benzene rings is 2. The smallest absolute Gasteiger partial charge is 0.243 e. The molecule has 1 aliphatic rings. The molecule has 2 aromatic carbocycles. The van der Waals surface area contributed by atoms with E-state index in [9.17, 15) is 8.42 Å². The molecule has 0 radical (unpaired) electrons. The summed E-state index contributed by atoms with van der Waals surface area (Å²) in [6.45, 7) is 12.7. The number of anilines is 1. The Morgan fingerprint density at radius 3 is 2.22 bits per heavy atom.